The second kappa shape index (κ2) is 10.5. The summed E-state index contributed by atoms with van der Waals surface area (Å²) in [5, 5.41) is 8.58. The summed E-state index contributed by atoms with van der Waals surface area (Å²) in [7, 11) is 3.33. The van der Waals surface area contributed by atoms with E-state index in [9.17, 15) is 4.79 Å². The standard InChI is InChI=1S/C29H28N4O3/c1-35-27-9-5-21(17-25(27)19-32-13-3-11-30-32)15-23-7-8-24(29(23)34)16-22-6-10-28(36-2)26(18-22)20-33-14-4-12-31-33/h3-6,9-18H,7-8,19-20H2,1-2H3. The number of ketones is 1. The van der Waals surface area contributed by atoms with Crippen molar-refractivity contribution >= 4 is 17.9 Å². The highest BCUT2D eigenvalue weighted by Crippen LogP contribution is 2.31. The molecule has 2 aromatic carbocycles. The van der Waals surface area contributed by atoms with Crippen LogP contribution in [0.5, 0.6) is 11.5 Å². The Morgan fingerprint density at radius 2 is 1.25 bits per heavy atom. The SMILES string of the molecule is COc1ccc(C=C2CCC(=Cc3ccc(OC)c(Cn4cccn4)c3)C2=O)cc1Cn1cccn1. The first-order valence-electron chi connectivity index (χ1n) is 11.9. The molecule has 0 bridgehead atoms. The minimum Gasteiger partial charge on any atom is -0.496 e. The Labute approximate surface area is 210 Å². The number of methoxy groups -OCH3 is 2. The van der Waals surface area contributed by atoms with Gasteiger partial charge in [-0.25, -0.2) is 0 Å². The summed E-state index contributed by atoms with van der Waals surface area (Å²) in [5.74, 6) is 1.71. The lowest BCUT2D eigenvalue weighted by Gasteiger charge is -2.10. The monoisotopic (exact) mass is 480 g/mol. The highest BCUT2D eigenvalue weighted by molar-refractivity contribution is 6.15. The Bertz CT molecular complexity index is 1310. The summed E-state index contributed by atoms with van der Waals surface area (Å²) in [6, 6.07) is 15.8. The van der Waals surface area contributed by atoms with Gasteiger partial charge in [0, 0.05) is 47.1 Å². The summed E-state index contributed by atoms with van der Waals surface area (Å²) < 4.78 is 14.8. The van der Waals surface area contributed by atoms with Crippen molar-refractivity contribution in [2.24, 2.45) is 0 Å². The third-order valence-electron chi connectivity index (χ3n) is 6.32. The topological polar surface area (TPSA) is 71.2 Å². The molecule has 7 nitrogen and oxygen atoms in total. The fraction of sp³-hybridized carbons (Fsp3) is 0.207. The van der Waals surface area contributed by atoms with E-state index in [1.165, 1.54) is 0 Å². The molecule has 0 amide bonds. The van der Waals surface area contributed by atoms with Crippen LogP contribution in [-0.4, -0.2) is 39.6 Å². The average Bonchev–Trinajstić information content (AvgIpc) is 3.66. The van der Waals surface area contributed by atoms with E-state index < -0.39 is 0 Å². The summed E-state index contributed by atoms with van der Waals surface area (Å²) in [5.41, 5.74) is 5.63. The lowest BCUT2D eigenvalue weighted by Crippen LogP contribution is -2.03. The molecule has 1 fully saturated rings. The number of rotatable bonds is 8. The van der Waals surface area contributed by atoms with Gasteiger partial charge in [0.05, 0.1) is 27.3 Å². The van der Waals surface area contributed by atoms with Gasteiger partial charge >= 0.3 is 0 Å². The Hall–Kier alpha value is -4.39. The smallest absolute Gasteiger partial charge is 0.185 e. The Kier molecular flexibility index (Phi) is 6.80. The third-order valence-corrected chi connectivity index (χ3v) is 6.32. The quantitative estimate of drug-likeness (QED) is 0.331. The molecule has 36 heavy (non-hydrogen) atoms. The number of hydrogen-bond acceptors (Lipinski definition) is 5. The van der Waals surface area contributed by atoms with Crippen LogP contribution in [0.15, 0.2) is 84.5 Å². The fourth-order valence-electron chi connectivity index (χ4n) is 4.54. The maximum absolute atomic E-state index is 13.2. The molecule has 182 valence electrons. The molecule has 0 unspecified atom stereocenters. The Balaban J connectivity index is 1.37. The molecule has 0 spiro atoms. The largest absolute Gasteiger partial charge is 0.496 e. The molecule has 0 saturated heterocycles. The van der Waals surface area contributed by atoms with Crippen LogP contribution < -0.4 is 9.47 Å². The molecule has 1 aliphatic carbocycles. The first kappa shape index (κ1) is 23.4. The van der Waals surface area contributed by atoms with Crippen molar-refractivity contribution in [3.05, 3.63) is 107 Å². The summed E-state index contributed by atoms with van der Waals surface area (Å²) >= 11 is 0. The minimum absolute atomic E-state index is 0.101. The number of carbonyl (C=O) groups excluding carboxylic acids is 1. The highest BCUT2D eigenvalue weighted by atomic mass is 16.5. The van der Waals surface area contributed by atoms with Gasteiger partial charge in [-0.1, -0.05) is 12.1 Å². The first-order chi connectivity index (χ1) is 17.6. The lowest BCUT2D eigenvalue weighted by molar-refractivity contribution is -0.111. The van der Waals surface area contributed by atoms with Gasteiger partial charge in [0.1, 0.15) is 11.5 Å². The van der Waals surface area contributed by atoms with Crippen molar-refractivity contribution in [1.29, 1.82) is 0 Å². The van der Waals surface area contributed by atoms with E-state index in [4.69, 9.17) is 9.47 Å². The number of aromatic nitrogens is 4. The number of benzene rings is 2. The van der Waals surface area contributed by atoms with Gasteiger partial charge < -0.3 is 9.47 Å². The molecule has 0 N–H and O–H groups in total. The first-order valence-corrected chi connectivity index (χ1v) is 11.9. The Morgan fingerprint density at radius 3 is 1.64 bits per heavy atom. The van der Waals surface area contributed by atoms with Crippen LogP contribution >= 0.6 is 0 Å². The summed E-state index contributed by atoms with van der Waals surface area (Å²) in [6.07, 6.45) is 12.8. The van der Waals surface area contributed by atoms with Gasteiger partial charge in [-0.05, 0) is 72.5 Å². The van der Waals surface area contributed by atoms with Crippen molar-refractivity contribution in [2.45, 2.75) is 25.9 Å². The van der Waals surface area contributed by atoms with E-state index in [-0.39, 0.29) is 5.78 Å². The molecular weight excluding hydrogens is 452 g/mol. The third kappa shape index (κ3) is 5.15. The van der Waals surface area contributed by atoms with E-state index in [1.807, 2.05) is 70.3 Å². The number of allylic oxidation sites excluding steroid dienone is 2. The van der Waals surface area contributed by atoms with Crippen LogP contribution in [0.1, 0.15) is 35.1 Å². The van der Waals surface area contributed by atoms with Gasteiger partial charge in [-0.3, -0.25) is 14.2 Å². The van der Waals surface area contributed by atoms with E-state index in [0.29, 0.717) is 13.1 Å². The van der Waals surface area contributed by atoms with Crippen LogP contribution in [0.25, 0.3) is 12.2 Å². The molecule has 0 atom stereocenters. The molecule has 1 saturated carbocycles. The van der Waals surface area contributed by atoms with Gasteiger partial charge in [0.2, 0.25) is 0 Å². The van der Waals surface area contributed by atoms with Crippen molar-refractivity contribution in [3.63, 3.8) is 0 Å². The zero-order valence-electron chi connectivity index (χ0n) is 20.4. The fourth-order valence-corrected chi connectivity index (χ4v) is 4.54. The van der Waals surface area contributed by atoms with Gasteiger partial charge in [-0.2, -0.15) is 10.2 Å². The summed E-state index contributed by atoms with van der Waals surface area (Å²) in [4.78, 5) is 13.2. The molecule has 5 rings (SSSR count). The van der Waals surface area contributed by atoms with E-state index >= 15 is 0 Å². The van der Waals surface area contributed by atoms with E-state index in [0.717, 1.165) is 57.7 Å². The molecule has 7 heteroatoms. The van der Waals surface area contributed by atoms with Crippen LogP contribution in [0.2, 0.25) is 0 Å². The number of Topliss-reactive ketones (excluding diaryl/α,β-unsaturated/α-hetero) is 1. The van der Waals surface area contributed by atoms with Crippen molar-refractivity contribution < 1.29 is 14.3 Å². The zero-order valence-corrected chi connectivity index (χ0v) is 20.4. The lowest BCUT2D eigenvalue weighted by atomic mass is 10.0. The normalized spacial score (nSPS) is 15.7. The van der Waals surface area contributed by atoms with Crippen LogP contribution in [-0.2, 0) is 17.9 Å². The van der Waals surface area contributed by atoms with Crippen LogP contribution in [0.4, 0.5) is 0 Å². The molecule has 0 radical (unpaired) electrons. The zero-order chi connectivity index (χ0) is 24.9. The van der Waals surface area contributed by atoms with E-state index in [1.54, 1.807) is 26.6 Å². The van der Waals surface area contributed by atoms with Crippen molar-refractivity contribution in [2.75, 3.05) is 14.2 Å². The number of nitrogens with zero attached hydrogens (tertiary/aromatic N) is 4. The predicted octanol–water partition coefficient (Wildman–Crippen LogP) is 5.02. The second-order valence-electron chi connectivity index (χ2n) is 8.72. The van der Waals surface area contributed by atoms with Gasteiger partial charge in [0.15, 0.2) is 5.78 Å². The van der Waals surface area contributed by atoms with Crippen molar-refractivity contribution in [1.82, 2.24) is 19.6 Å². The number of ether oxygens (including phenoxy) is 2. The maximum Gasteiger partial charge on any atom is 0.185 e. The van der Waals surface area contributed by atoms with E-state index in [2.05, 4.69) is 22.3 Å². The Morgan fingerprint density at radius 1 is 0.778 bits per heavy atom. The predicted molar refractivity (Wildman–Crippen MR) is 139 cm³/mol. The minimum atomic E-state index is 0.101. The molecule has 2 aromatic heterocycles. The van der Waals surface area contributed by atoms with Gasteiger partial charge in [0.25, 0.3) is 0 Å². The maximum atomic E-state index is 13.2. The number of carbonyl (C=O) groups is 1. The molecule has 4 aromatic rings. The highest BCUT2D eigenvalue weighted by Gasteiger charge is 2.23. The molecule has 0 aliphatic heterocycles. The molecular formula is C29H28N4O3. The van der Waals surface area contributed by atoms with Gasteiger partial charge in [-0.15, -0.1) is 0 Å². The molecule has 2 heterocycles. The second-order valence-corrected chi connectivity index (χ2v) is 8.72. The molecule has 1 aliphatic rings. The average molecular weight is 481 g/mol. The van der Waals surface area contributed by atoms with Crippen LogP contribution in [0.3, 0.4) is 0 Å². The number of hydrogen-bond donors (Lipinski definition) is 0. The van der Waals surface area contributed by atoms with Crippen LogP contribution in [0, 0.1) is 0 Å². The van der Waals surface area contributed by atoms with Crippen molar-refractivity contribution in [3.8, 4) is 11.5 Å². The summed E-state index contributed by atoms with van der Waals surface area (Å²) in [6.45, 7) is 1.20.